The van der Waals surface area contributed by atoms with Crippen molar-refractivity contribution in [3.8, 4) is 22.6 Å². The number of amides is 2. The minimum absolute atomic E-state index is 0.0920. The van der Waals surface area contributed by atoms with Crippen molar-refractivity contribution >= 4 is 17.5 Å². The van der Waals surface area contributed by atoms with Gasteiger partial charge in [-0.05, 0) is 44.4 Å². The summed E-state index contributed by atoms with van der Waals surface area (Å²) in [6.45, 7) is 2.75. The fourth-order valence-corrected chi connectivity index (χ4v) is 3.47. The molecule has 28 heavy (non-hydrogen) atoms. The predicted molar refractivity (Wildman–Crippen MR) is 99.3 cm³/mol. The van der Waals surface area contributed by atoms with Crippen LogP contribution in [-0.2, 0) is 0 Å². The Morgan fingerprint density at radius 1 is 1.29 bits per heavy atom. The van der Waals surface area contributed by atoms with E-state index >= 15 is 0 Å². The summed E-state index contributed by atoms with van der Waals surface area (Å²) in [6.07, 6.45) is 0.919. The number of aromatic nitrogens is 1. The number of carbonyl (C=O) groups excluding carboxylic acids is 1. The molecule has 9 heteroatoms. The lowest BCUT2D eigenvalue weighted by atomic mass is 10.0. The van der Waals surface area contributed by atoms with Gasteiger partial charge in [-0.25, -0.2) is 9.78 Å². The van der Waals surface area contributed by atoms with Crippen LogP contribution in [0.3, 0.4) is 0 Å². The zero-order valence-electron chi connectivity index (χ0n) is 15.2. The number of piperidine rings is 1. The molecule has 2 aliphatic rings. The van der Waals surface area contributed by atoms with Crippen LogP contribution in [0.4, 0.5) is 25.1 Å². The van der Waals surface area contributed by atoms with Gasteiger partial charge in [0.2, 0.25) is 0 Å². The molecule has 148 valence electrons. The molecule has 7 nitrogen and oxygen atoms in total. The van der Waals surface area contributed by atoms with E-state index in [2.05, 4.69) is 19.8 Å². The number of hydrogen-bond donors (Lipinski definition) is 2. The molecule has 1 aromatic heterocycles. The number of hydrogen-bond acceptors (Lipinski definition) is 5. The molecule has 2 aromatic rings. The Labute approximate surface area is 160 Å². The van der Waals surface area contributed by atoms with Crippen LogP contribution in [0.1, 0.15) is 26.2 Å². The van der Waals surface area contributed by atoms with Crippen molar-refractivity contribution in [2.24, 2.45) is 0 Å². The second-order valence-corrected chi connectivity index (χ2v) is 6.95. The van der Waals surface area contributed by atoms with Gasteiger partial charge >= 0.3 is 12.3 Å². The smallest absolute Gasteiger partial charge is 0.398 e. The number of nitrogens with one attached hydrogen (secondary N) is 1. The third kappa shape index (κ3) is 3.51. The molecule has 1 saturated heterocycles. The van der Waals surface area contributed by atoms with E-state index in [-0.39, 0.29) is 29.3 Å². The molecule has 1 atom stereocenters. The Hall–Kier alpha value is -3.10. The van der Waals surface area contributed by atoms with E-state index in [4.69, 9.17) is 5.73 Å². The van der Waals surface area contributed by atoms with Crippen LogP contribution in [0.2, 0.25) is 0 Å². The molecular formula is C19H20F2N4O3. The summed E-state index contributed by atoms with van der Waals surface area (Å²) in [4.78, 5) is 18.5. The normalized spacial score (nSPS) is 20.1. The van der Waals surface area contributed by atoms with Crippen LogP contribution in [0, 0.1) is 0 Å². The average molecular weight is 390 g/mol. The quantitative estimate of drug-likeness (QED) is 0.755. The maximum atomic E-state index is 13.2. The third-order valence-corrected chi connectivity index (χ3v) is 4.95. The molecule has 0 bridgehead atoms. The number of anilines is 2. The van der Waals surface area contributed by atoms with E-state index in [1.165, 1.54) is 18.3 Å². The fraction of sp³-hybridized carbons (Fsp3) is 0.368. The summed E-state index contributed by atoms with van der Waals surface area (Å²) < 4.78 is 35.3. The Morgan fingerprint density at radius 2 is 2.04 bits per heavy atom. The van der Waals surface area contributed by atoms with Crippen molar-refractivity contribution in [3.63, 3.8) is 0 Å². The van der Waals surface area contributed by atoms with Crippen molar-refractivity contribution in [2.45, 2.75) is 38.5 Å². The third-order valence-electron chi connectivity index (χ3n) is 4.95. The molecule has 2 amide bonds. The summed E-state index contributed by atoms with van der Waals surface area (Å²) in [7, 11) is 0. The standard InChI is InChI=1S/C19H20F2N4O3/c1-11-4-2-3-7-25(11)18(26)24-17-6-5-12(10-23-17)13-8-15-16(9-14(13)22)28-19(20,21)27-15/h5-6,8-11H,2-4,7,22H2,1H3,(H,23,24,26). The molecule has 0 saturated carbocycles. The average Bonchev–Trinajstić information content (AvgIpc) is 2.95. The van der Waals surface area contributed by atoms with Crippen molar-refractivity contribution in [2.75, 3.05) is 17.6 Å². The van der Waals surface area contributed by atoms with E-state index in [9.17, 15) is 13.6 Å². The summed E-state index contributed by atoms with van der Waals surface area (Å²) in [5, 5.41) is 2.79. The second kappa shape index (κ2) is 6.81. The maximum absolute atomic E-state index is 13.2. The van der Waals surface area contributed by atoms with Gasteiger partial charge in [0.25, 0.3) is 0 Å². The van der Waals surface area contributed by atoms with Crippen molar-refractivity contribution in [1.82, 2.24) is 9.88 Å². The first-order chi connectivity index (χ1) is 13.3. The lowest BCUT2D eigenvalue weighted by Gasteiger charge is -2.33. The molecule has 1 unspecified atom stereocenters. The van der Waals surface area contributed by atoms with Crippen molar-refractivity contribution in [1.29, 1.82) is 0 Å². The SMILES string of the molecule is CC1CCCCN1C(=O)Nc1ccc(-c2cc3c(cc2N)OC(F)(F)O3)cn1. The maximum Gasteiger partial charge on any atom is 0.586 e. The number of urea groups is 1. The number of alkyl halides is 2. The molecule has 0 aliphatic carbocycles. The zero-order valence-corrected chi connectivity index (χ0v) is 15.2. The van der Waals surface area contributed by atoms with Gasteiger partial charge < -0.3 is 20.1 Å². The number of pyridine rings is 1. The number of fused-ring (bicyclic) bond motifs is 1. The van der Waals surface area contributed by atoms with Crippen molar-refractivity contribution in [3.05, 3.63) is 30.5 Å². The van der Waals surface area contributed by atoms with Gasteiger partial charge in [-0.1, -0.05) is 0 Å². The number of nitrogens with two attached hydrogens (primary N) is 1. The van der Waals surface area contributed by atoms with Crippen LogP contribution in [-0.4, -0.2) is 34.8 Å². The predicted octanol–water partition coefficient (Wildman–Crippen LogP) is 4.06. The summed E-state index contributed by atoms with van der Waals surface area (Å²) in [5.41, 5.74) is 7.29. The van der Waals surface area contributed by atoms with Gasteiger partial charge in [0, 0.05) is 41.7 Å². The highest BCUT2D eigenvalue weighted by atomic mass is 19.3. The first-order valence-electron chi connectivity index (χ1n) is 9.06. The number of likely N-dealkylation sites (tertiary alicyclic amines) is 1. The molecule has 4 rings (SSSR count). The van der Waals surface area contributed by atoms with E-state index < -0.39 is 6.29 Å². The van der Waals surface area contributed by atoms with Crippen LogP contribution in [0.15, 0.2) is 30.5 Å². The molecule has 0 radical (unpaired) electrons. The number of carbonyl (C=O) groups is 1. The number of nitrogen functional groups attached to an aromatic ring is 1. The lowest BCUT2D eigenvalue weighted by molar-refractivity contribution is -0.286. The number of nitrogens with zero attached hydrogens (tertiary/aromatic N) is 2. The van der Waals surface area contributed by atoms with Gasteiger partial charge in [0.1, 0.15) is 5.82 Å². The first kappa shape index (κ1) is 18.3. The first-order valence-corrected chi connectivity index (χ1v) is 9.06. The summed E-state index contributed by atoms with van der Waals surface area (Å²) in [5.74, 6) is 0.196. The molecule has 1 fully saturated rings. The Balaban J connectivity index is 1.50. The number of rotatable bonds is 2. The Bertz CT molecular complexity index is 905. The Morgan fingerprint density at radius 3 is 2.71 bits per heavy atom. The largest absolute Gasteiger partial charge is 0.586 e. The zero-order chi connectivity index (χ0) is 19.9. The Kier molecular flexibility index (Phi) is 4.44. The highest BCUT2D eigenvalue weighted by molar-refractivity contribution is 5.89. The van der Waals surface area contributed by atoms with Gasteiger partial charge in [-0.15, -0.1) is 8.78 Å². The van der Waals surface area contributed by atoms with Crippen LogP contribution in [0.5, 0.6) is 11.5 Å². The van der Waals surface area contributed by atoms with Gasteiger partial charge in [0.05, 0.1) is 0 Å². The van der Waals surface area contributed by atoms with E-state index in [0.717, 1.165) is 25.8 Å². The van der Waals surface area contributed by atoms with Crippen LogP contribution in [0.25, 0.3) is 11.1 Å². The molecule has 3 N–H and O–H groups in total. The van der Waals surface area contributed by atoms with E-state index in [1.54, 1.807) is 17.0 Å². The monoisotopic (exact) mass is 390 g/mol. The van der Waals surface area contributed by atoms with Gasteiger partial charge in [0.15, 0.2) is 11.5 Å². The van der Waals surface area contributed by atoms with Gasteiger partial charge in [-0.2, -0.15) is 0 Å². The highest BCUT2D eigenvalue weighted by Crippen LogP contribution is 2.45. The highest BCUT2D eigenvalue weighted by Gasteiger charge is 2.43. The summed E-state index contributed by atoms with van der Waals surface area (Å²) in [6, 6.07) is 6.03. The van der Waals surface area contributed by atoms with Crippen molar-refractivity contribution < 1.29 is 23.0 Å². The topological polar surface area (TPSA) is 89.7 Å². The molecule has 2 aliphatic heterocycles. The number of benzene rings is 1. The molecule has 3 heterocycles. The minimum Gasteiger partial charge on any atom is -0.398 e. The molecular weight excluding hydrogens is 370 g/mol. The van der Waals surface area contributed by atoms with Crippen LogP contribution < -0.4 is 20.5 Å². The molecule has 0 spiro atoms. The van der Waals surface area contributed by atoms with E-state index in [0.29, 0.717) is 16.9 Å². The molecule has 1 aromatic carbocycles. The number of halogens is 2. The lowest BCUT2D eigenvalue weighted by Crippen LogP contribution is -2.44. The van der Waals surface area contributed by atoms with Crippen LogP contribution >= 0.6 is 0 Å². The summed E-state index contributed by atoms with van der Waals surface area (Å²) >= 11 is 0. The number of ether oxygens (including phenoxy) is 2. The fourth-order valence-electron chi connectivity index (χ4n) is 3.47. The minimum atomic E-state index is -3.70. The second-order valence-electron chi connectivity index (χ2n) is 6.95. The van der Waals surface area contributed by atoms with Gasteiger partial charge in [-0.3, -0.25) is 5.32 Å². The van der Waals surface area contributed by atoms with E-state index in [1.807, 2.05) is 6.92 Å².